The third-order valence-electron chi connectivity index (χ3n) is 5.32. The Morgan fingerprint density at radius 3 is 2.74 bits per heavy atom. The zero-order valence-electron chi connectivity index (χ0n) is 16.1. The summed E-state index contributed by atoms with van der Waals surface area (Å²) in [6.45, 7) is 8.08. The highest BCUT2D eigenvalue weighted by Crippen LogP contribution is 2.29. The average molecular weight is 393 g/mol. The Bertz CT molecular complexity index is 734. The lowest BCUT2D eigenvalue weighted by molar-refractivity contribution is 0.0951. The number of ether oxygens (including phenoxy) is 1. The number of piperidine rings is 1. The SMILES string of the molecule is CCc1nc(CSc2nnc(N3CCC(C)CC3)n2CC2CCCO2)no1. The first-order valence-corrected chi connectivity index (χ1v) is 11.0. The minimum absolute atomic E-state index is 0.250. The van der Waals surface area contributed by atoms with Crippen LogP contribution in [0.4, 0.5) is 5.95 Å². The summed E-state index contributed by atoms with van der Waals surface area (Å²) < 4.78 is 13.3. The Morgan fingerprint density at radius 1 is 1.19 bits per heavy atom. The van der Waals surface area contributed by atoms with Gasteiger partial charge in [0.25, 0.3) is 0 Å². The molecule has 0 saturated carbocycles. The highest BCUT2D eigenvalue weighted by molar-refractivity contribution is 7.98. The van der Waals surface area contributed by atoms with Crippen LogP contribution in [0.2, 0.25) is 0 Å². The Labute approximate surface area is 164 Å². The first kappa shape index (κ1) is 18.7. The van der Waals surface area contributed by atoms with Crippen LogP contribution >= 0.6 is 11.8 Å². The maximum Gasteiger partial charge on any atom is 0.228 e. The van der Waals surface area contributed by atoms with Gasteiger partial charge in [-0.3, -0.25) is 4.57 Å². The lowest BCUT2D eigenvalue weighted by Gasteiger charge is -2.31. The lowest BCUT2D eigenvalue weighted by Crippen LogP contribution is -2.35. The van der Waals surface area contributed by atoms with Crippen molar-refractivity contribution >= 4 is 17.7 Å². The molecule has 2 saturated heterocycles. The van der Waals surface area contributed by atoms with Crippen LogP contribution in [0.3, 0.4) is 0 Å². The van der Waals surface area contributed by atoms with Crippen LogP contribution in [0, 0.1) is 5.92 Å². The molecule has 0 aliphatic carbocycles. The van der Waals surface area contributed by atoms with Gasteiger partial charge in [-0.1, -0.05) is 30.8 Å². The van der Waals surface area contributed by atoms with E-state index in [9.17, 15) is 0 Å². The van der Waals surface area contributed by atoms with Crippen molar-refractivity contribution in [3.63, 3.8) is 0 Å². The molecule has 27 heavy (non-hydrogen) atoms. The quantitative estimate of drug-likeness (QED) is 0.665. The molecule has 0 radical (unpaired) electrons. The Kier molecular flexibility index (Phi) is 5.97. The van der Waals surface area contributed by atoms with E-state index in [1.807, 2.05) is 6.92 Å². The normalized spacial score (nSPS) is 21.3. The summed E-state index contributed by atoms with van der Waals surface area (Å²) in [5.74, 6) is 3.77. The third kappa shape index (κ3) is 4.45. The van der Waals surface area contributed by atoms with Crippen molar-refractivity contribution in [2.75, 3.05) is 24.6 Å². The van der Waals surface area contributed by atoms with Crippen LogP contribution in [-0.4, -0.2) is 50.7 Å². The van der Waals surface area contributed by atoms with Crippen molar-refractivity contribution in [2.24, 2.45) is 5.92 Å². The minimum atomic E-state index is 0.250. The van der Waals surface area contributed by atoms with E-state index < -0.39 is 0 Å². The molecule has 2 aromatic rings. The van der Waals surface area contributed by atoms with Crippen LogP contribution in [0.5, 0.6) is 0 Å². The second-order valence-corrected chi connectivity index (χ2v) is 8.39. The summed E-state index contributed by atoms with van der Waals surface area (Å²) in [5.41, 5.74) is 0. The molecule has 0 amide bonds. The smallest absolute Gasteiger partial charge is 0.228 e. The van der Waals surface area contributed by atoms with Gasteiger partial charge < -0.3 is 14.2 Å². The first-order valence-electron chi connectivity index (χ1n) is 9.97. The maximum absolute atomic E-state index is 5.88. The first-order chi connectivity index (χ1) is 13.2. The predicted octanol–water partition coefficient (Wildman–Crippen LogP) is 2.93. The van der Waals surface area contributed by atoms with Gasteiger partial charge in [0.15, 0.2) is 11.0 Å². The molecule has 0 N–H and O–H groups in total. The van der Waals surface area contributed by atoms with Crippen LogP contribution in [0.15, 0.2) is 9.68 Å². The van der Waals surface area contributed by atoms with E-state index in [-0.39, 0.29) is 6.10 Å². The molecule has 9 heteroatoms. The van der Waals surface area contributed by atoms with Gasteiger partial charge in [0, 0.05) is 26.1 Å². The van der Waals surface area contributed by atoms with Gasteiger partial charge in [0.05, 0.1) is 18.4 Å². The summed E-state index contributed by atoms with van der Waals surface area (Å²) in [4.78, 5) is 6.76. The molecule has 2 aliphatic rings. The van der Waals surface area contributed by atoms with E-state index in [0.29, 0.717) is 17.5 Å². The predicted molar refractivity (Wildman–Crippen MR) is 103 cm³/mol. The van der Waals surface area contributed by atoms with Crippen LogP contribution in [0.25, 0.3) is 0 Å². The van der Waals surface area contributed by atoms with Crippen molar-refractivity contribution in [1.29, 1.82) is 0 Å². The molecule has 2 aromatic heterocycles. The molecular weight excluding hydrogens is 364 g/mol. The fourth-order valence-corrected chi connectivity index (χ4v) is 4.39. The molecule has 148 valence electrons. The molecule has 2 fully saturated rings. The molecule has 0 aromatic carbocycles. The Balaban J connectivity index is 1.50. The van der Waals surface area contributed by atoms with Gasteiger partial charge in [-0.05, 0) is 31.6 Å². The number of anilines is 1. The zero-order valence-corrected chi connectivity index (χ0v) is 17.0. The second kappa shape index (κ2) is 8.60. The zero-order chi connectivity index (χ0) is 18.6. The van der Waals surface area contributed by atoms with Gasteiger partial charge in [-0.2, -0.15) is 4.98 Å². The molecule has 8 nitrogen and oxygen atoms in total. The number of thioether (sulfide) groups is 1. The van der Waals surface area contributed by atoms with E-state index in [0.717, 1.165) is 62.5 Å². The van der Waals surface area contributed by atoms with Gasteiger partial charge in [0.2, 0.25) is 11.8 Å². The molecule has 2 aliphatic heterocycles. The maximum atomic E-state index is 5.88. The van der Waals surface area contributed by atoms with E-state index in [1.54, 1.807) is 11.8 Å². The number of rotatable bonds is 7. The molecule has 4 rings (SSSR count). The summed E-state index contributed by atoms with van der Waals surface area (Å²) in [7, 11) is 0. The van der Waals surface area contributed by atoms with E-state index in [4.69, 9.17) is 9.26 Å². The van der Waals surface area contributed by atoms with Gasteiger partial charge in [0.1, 0.15) is 0 Å². The number of hydrogen-bond donors (Lipinski definition) is 0. The summed E-state index contributed by atoms with van der Waals surface area (Å²) in [6, 6.07) is 0. The van der Waals surface area contributed by atoms with Gasteiger partial charge in [-0.15, -0.1) is 10.2 Å². The third-order valence-corrected chi connectivity index (χ3v) is 6.28. The molecule has 4 heterocycles. The van der Waals surface area contributed by atoms with Gasteiger partial charge >= 0.3 is 0 Å². The van der Waals surface area contributed by atoms with Crippen molar-refractivity contribution < 1.29 is 9.26 Å². The molecule has 1 atom stereocenters. The van der Waals surface area contributed by atoms with Crippen LogP contribution in [0.1, 0.15) is 51.2 Å². The Hall–Kier alpha value is -1.61. The van der Waals surface area contributed by atoms with Crippen molar-refractivity contribution in [3.8, 4) is 0 Å². The van der Waals surface area contributed by atoms with Crippen LogP contribution < -0.4 is 4.90 Å². The molecule has 0 bridgehead atoms. The monoisotopic (exact) mass is 392 g/mol. The largest absolute Gasteiger partial charge is 0.376 e. The number of nitrogens with zero attached hydrogens (tertiary/aromatic N) is 6. The van der Waals surface area contributed by atoms with E-state index >= 15 is 0 Å². The van der Waals surface area contributed by atoms with Crippen LogP contribution in [-0.2, 0) is 23.5 Å². The molecular formula is C18H28N6O2S. The average Bonchev–Trinajstić information content (AvgIpc) is 3.42. The highest BCUT2D eigenvalue weighted by Gasteiger charge is 2.26. The summed E-state index contributed by atoms with van der Waals surface area (Å²) in [6.07, 6.45) is 5.65. The van der Waals surface area contributed by atoms with E-state index in [2.05, 4.69) is 36.7 Å². The molecule has 0 spiro atoms. The second-order valence-electron chi connectivity index (χ2n) is 7.44. The van der Waals surface area contributed by atoms with E-state index in [1.165, 1.54) is 12.8 Å². The standard InChI is InChI=1S/C18H28N6O2S/c1-3-16-19-15(22-26-16)12-27-18-21-20-17(23-8-6-13(2)7-9-23)24(18)11-14-5-4-10-25-14/h13-14H,3-12H2,1-2H3. The number of aromatic nitrogens is 5. The fraction of sp³-hybridized carbons (Fsp3) is 0.778. The van der Waals surface area contributed by atoms with Gasteiger partial charge in [-0.25, -0.2) is 0 Å². The Morgan fingerprint density at radius 2 is 2.04 bits per heavy atom. The van der Waals surface area contributed by atoms with Crippen molar-refractivity contribution in [3.05, 3.63) is 11.7 Å². The number of hydrogen-bond acceptors (Lipinski definition) is 8. The molecule has 1 unspecified atom stereocenters. The summed E-state index contributed by atoms with van der Waals surface area (Å²) >= 11 is 1.61. The van der Waals surface area contributed by atoms with Crippen molar-refractivity contribution in [2.45, 2.75) is 69.5 Å². The number of aryl methyl sites for hydroxylation is 1. The highest BCUT2D eigenvalue weighted by atomic mass is 32.2. The topological polar surface area (TPSA) is 82.1 Å². The van der Waals surface area contributed by atoms with Crippen molar-refractivity contribution in [1.82, 2.24) is 24.9 Å². The fourth-order valence-electron chi connectivity index (χ4n) is 3.60. The lowest BCUT2D eigenvalue weighted by atomic mass is 10.00. The summed E-state index contributed by atoms with van der Waals surface area (Å²) in [5, 5.41) is 14.0. The minimum Gasteiger partial charge on any atom is -0.376 e.